The normalized spacial score (nSPS) is 11.8. The Morgan fingerprint density at radius 3 is 2.63 bits per heavy atom. The Morgan fingerprint density at radius 1 is 1.07 bits per heavy atom. The van der Waals surface area contributed by atoms with Crippen LogP contribution < -0.4 is 4.72 Å². The fraction of sp³-hybridized carbons (Fsp3) is 0.158. The molecule has 2 heterocycles. The second-order valence-electron chi connectivity index (χ2n) is 6.36. The highest BCUT2D eigenvalue weighted by Gasteiger charge is 2.21. The van der Waals surface area contributed by atoms with Gasteiger partial charge in [-0.25, -0.2) is 8.42 Å². The van der Waals surface area contributed by atoms with Crippen molar-refractivity contribution in [2.75, 3.05) is 4.72 Å². The predicted molar refractivity (Wildman–Crippen MR) is 104 cm³/mol. The average Bonchev–Trinajstić information content (AvgIpc) is 3.22. The molecule has 0 aliphatic carbocycles. The van der Waals surface area contributed by atoms with Crippen molar-refractivity contribution in [2.24, 2.45) is 7.05 Å². The summed E-state index contributed by atoms with van der Waals surface area (Å²) in [6.45, 7) is 2.26. The van der Waals surface area contributed by atoms with Gasteiger partial charge in [-0.1, -0.05) is 42.5 Å². The number of hydrogen-bond acceptors (Lipinski definition) is 4. The van der Waals surface area contributed by atoms with E-state index >= 15 is 0 Å². The van der Waals surface area contributed by atoms with Crippen molar-refractivity contribution >= 4 is 26.6 Å². The molecule has 7 nitrogen and oxygen atoms in total. The molecule has 0 radical (unpaired) electrons. The van der Waals surface area contributed by atoms with Gasteiger partial charge in [0.1, 0.15) is 4.90 Å². The fourth-order valence-electron chi connectivity index (χ4n) is 3.04. The highest BCUT2D eigenvalue weighted by molar-refractivity contribution is 7.92. The van der Waals surface area contributed by atoms with Crippen LogP contribution in [0.2, 0.25) is 0 Å². The Hall–Kier alpha value is -3.13. The number of benzene rings is 2. The second-order valence-corrected chi connectivity index (χ2v) is 8.01. The van der Waals surface area contributed by atoms with Gasteiger partial charge in [0.2, 0.25) is 0 Å². The molecule has 0 atom stereocenters. The van der Waals surface area contributed by atoms with E-state index < -0.39 is 10.0 Å². The van der Waals surface area contributed by atoms with Crippen LogP contribution in [0.1, 0.15) is 11.3 Å². The number of nitrogens with zero attached hydrogens (tertiary/aromatic N) is 4. The first-order chi connectivity index (χ1) is 12.9. The number of hydrogen-bond donors (Lipinski definition) is 1. The van der Waals surface area contributed by atoms with Crippen molar-refractivity contribution in [1.29, 1.82) is 0 Å². The van der Waals surface area contributed by atoms with E-state index in [0.29, 0.717) is 12.2 Å². The molecule has 138 valence electrons. The maximum Gasteiger partial charge on any atom is 0.266 e. The zero-order valence-electron chi connectivity index (χ0n) is 15.0. The Labute approximate surface area is 157 Å². The first kappa shape index (κ1) is 17.3. The monoisotopic (exact) mass is 381 g/mol. The maximum absolute atomic E-state index is 12.6. The van der Waals surface area contributed by atoms with Gasteiger partial charge in [-0.05, 0) is 23.3 Å². The second kappa shape index (κ2) is 6.55. The molecule has 2 aromatic carbocycles. The van der Waals surface area contributed by atoms with Crippen LogP contribution >= 0.6 is 0 Å². The van der Waals surface area contributed by atoms with E-state index in [1.54, 1.807) is 30.9 Å². The molecule has 27 heavy (non-hydrogen) atoms. The number of fused-ring (bicyclic) bond motifs is 1. The van der Waals surface area contributed by atoms with Crippen molar-refractivity contribution in [3.8, 4) is 0 Å². The van der Waals surface area contributed by atoms with Gasteiger partial charge in [0.05, 0.1) is 18.4 Å². The van der Waals surface area contributed by atoms with E-state index in [2.05, 4.69) is 33.1 Å². The topological polar surface area (TPSA) is 81.8 Å². The SMILES string of the molecule is Cc1c(S(=O)(=O)Nc2ccn(Cc3cccc4ccccc34)n2)cnn1C. The van der Waals surface area contributed by atoms with Crippen LogP contribution in [0, 0.1) is 6.92 Å². The van der Waals surface area contributed by atoms with Crippen LogP contribution in [0.4, 0.5) is 5.82 Å². The lowest BCUT2D eigenvalue weighted by Crippen LogP contribution is -2.14. The minimum absolute atomic E-state index is 0.147. The minimum atomic E-state index is -3.73. The molecule has 0 spiro atoms. The molecule has 0 saturated carbocycles. The molecule has 4 rings (SSSR count). The Morgan fingerprint density at radius 2 is 1.85 bits per heavy atom. The summed E-state index contributed by atoms with van der Waals surface area (Å²) in [6.07, 6.45) is 3.10. The first-order valence-corrected chi connectivity index (χ1v) is 9.94. The Bertz CT molecular complexity index is 1220. The Balaban J connectivity index is 1.58. The summed E-state index contributed by atoms with van der Waals surface area (Å²) in [4.78, 5) is 0.147. The highest BCUT2D eigenvalue weighted by atomic mass is 32.2. The summed E-state index contributed by atoms with van der Waals surface area (Å²) in [6, 6.07) is 15.9. The molecule has 0 aliphatic rings. The smallest absolute Gasteiger partial charge is 0.266 e. The third-order valence-electron chi connectivity index (χ3n) is 4.57. The molecule has 0 saturated heterocycles. The van der Waals surface area contributed by atoms with Crippen LogP contribution in [0.15, 0.2) is 65.8 Å². The van der Waals surface area contributed by atoms with Crippen LogP contribution in [0.25, 0.3) is 10.8 Å². The summed E-state index contributed by atoms with van der Waals surface area (Å²) >= 11 is 0. The van der Waals surface area contributed by atoms with E-state index in [-0.39, 0.29) is 10.7 Å². The summed E-state index contributed by atoms with van der Waals surface area (Å²) in [5.74, 6) is 0.276. The van der Waals surface area contributed by atoms with Crippen molar-refractivity contribution in [2.45, 2.75) is 18.4 Å². The molecule has 1 N–H and O–H groups in total. The van der Waals surface area contributed by atoms with E-state index in [9.17, 15) is 8.42 Å². The molecule has 0 bridgehead atoms. The van der Waals surface area contributed by atoms with E-state index in [1.807, 2.05) is 24.3 Å². The van der Waals surface area contributed by atoms with E-state index in [1.165, 1.54) is 10.9 Å². The van der Waals surface area contributed by atoms with Crippen molar-refractivity contribution in [1.82, 2.24) is 19.6 Å². The first-order valence-electron chi connectivity index (χ1n) is 8.45. The van der Waals surface area contributed by atoms with Crippen molar-refractivity contribution < 1.29 is 8.42 Å². The number of sulfonamides is 1. The number of rotatable bonds is 5. The van der Waals surface area contributed by atoms with Gasteiger partial charge in [-0.3, -0.25) is 14.1 Å². The largest absolute Gasteiger partial charge is 0.272 e. The van der Waals surface area contributed by atoms with Gasteiger partial charge in [0, 0.05) is 19.3 Å². The molecule has 8 heteroatoms. The average molecular weight is 381 g/mol. The van der Waals surface area contributed by atoms with Gasteiger partial charge in [0.25, 0.3) is 10.0 Å². The quantitative estimate of drug-likeness (QED) is 0.576. The fourth-order valence-corrected chi connectivity index (χ4v) is 4.25. The lowest BCUT2D eigenvalue weighted by atomic mass is 10.0. The molecular formula is C19H19N5O2S. The summed E-state index contributed by atoms with van der Waals surface area (Å²) < 4.78 is 30.9. The molecule has 0 fully saturated rings. The molecule has 0 aliphatic heterocycles. The zero-order valence-corrected chi connectivity index (χ0v) is 15.8. The standard InChI is InChI=1S/C19H19N5O2S/c1-14-18(12-20-23(14)2)27(25,26)22-19-10-11-24(21-19)13-16-8-5-7-15-6-3-4-9-17(15)16/h3-12H,13H2,1-2H3,(H,21,22). The molecule has 2 aromatic heterocycles. The van der Waals surface area contributed by atoms with E-state index in [4.69, 9.17) is 0 Å². The number of nitrogens with one attached hydrogen (secondary N) is 1. The van der Waals surface area contributed by atoms with Crippen LogP contribution in [0.5, 0.6) is 0 Å². The number of aromatic nitrogens is 4. The van der Waals surface area contributed by atoms with Gasteiger partial charge < -0.3 is 0 Å². The van der Waals surface area contributed by atoms with Gasteiger partial charge >= 0.3 is 0 Å². The lowest BCUT2D eigenvalue weighted by Gasteiger charge is -2.07. The molecule has 0 unspecified atom stereocenters. The summed E-state index contributed by atoms with van der Waals surface area (Å²) in [7, 11) is -2.02. The van der Waals surface area contributed by atoms with Gasteiger partial charge in [-0.2, -0.15) is 10.2 Å². The lowest BCUT2D eigenvalue weighted by molar-refractivity contribution is 0.599. The van der Waals surface area contributed by atoms with Gasteiger partial charge in [-0.15, -0.1) is 0 Å². The summed E-state index contributed by atoms with van der Waals surface area (Å²) in [5.41, 5.74) is 1.69. The minimum Gasteiger partial charge on any atom is -0.272 e. The van der Waals surface area contributed by atoms with Crippen LogP contribution in [0.3, 0.4) is 0 Å². The third-order valence-corrected chi connectivity index (χ3v) is 6.03. The zero-order chi connectivity index (χ0) is 19.0. The van der Waals surface area contributed by atoms with Crippen molar-refractivity contribution in [3.63, 3.8) is 0 Å². The molecular weight excluding hydrogens is 362 g/mol. The van der Waals surface area contributed by atoms with Gasteiger partial charge in [0.15, 0.2) is 5.82 Å². The number of anilines is 1. The molecule has 4 aromatic rings. The highest BCUT2D eigenvalue weighted by Crippen LogP contribution is 2.21. The third kappa shape index (κ3) is 3.31. The van der Waals surface area contributed by atoms with Crippen LogP contribution in [-0.4, -0.2) is 28.0 Å². The predicted octanol–water partition coefficient (Wildman–Crippen LogP) is 2.93. The maximum atomic E-state index is 12.6. The Kier molecular flexibility index (Phi) is 4.19. The molecule has 0 amide bonds. The summed E-state index contributed by atoms with van der Waals surface area (Å²) in [5, 5.41) is 10.7. The number of aryl methyl sites for hydroxylation is 1. The van der Waals surface area contributed by atoms with Crippen LogP contribution in [-0.2, 0) is 23.6 Å². The van der Waals surface area contributed by atoms with E-state index in [0.717, 1.165) is 16.3 Å². The van der Waals surface area contributed by atoms with Crippen molar-refractivity contribution in [3.05, 3.63) is 72.2 Å².